The molecule has 0 bridgehead atoms. The molecule has 0 aliphatic rings. The van der Waals surface area contributed by atoms with E-state index in [2.05, 4.69) is 43.4 Å². The Kier molecular flexibility index (Phi) is 9.63. The van der Waals surface area contributed by atoms with E-state index in [1.54, 1.807) is 16.7 Å². The summed E-state index contributed by atoms with van der Waals surface area (Å²) >= 11 is 1.60. The zero-order valence-corrected chi connectivity index (χ0v) is 20.5. The average molecular weight is 441 g/mol. The van der Waals surface area contributed by atoms with Crippen LogP contribution in [0.25, 0.3) is 0 Å². The van der Waals surface area contributed by atoms with Gasteiger partial charge in [-0.05, 0) is 52.2 Å². The number of hydrogen-bond donors (Lipinski definition) is 1. The van der Waals surface area contributed by atoms with Crippen LogP contribution in [0.4, 0.5) is 0 Å². The lowest BCUT2D eigenvalue weighted by molar-refractivity contribution is -0.138. The zero-order chi connectivity index (χ0) is 23.0. The number of rotatable bonds is 10. The Balaban J connectivity index is 2.09. The lowest BCUT2D eigenvalue weighted by atomic mass is 10.1. The number of carbonyl (C=O) groups is 2. The van der Waals surface area contributed by atoms with Gasteiger partial charge in [-0.25, -0.2) is 0 Å². The normalized spacial score (nSPS) is 12.8. The second kappa shape index (κ2) is 11.9. The van der Waals surface area contributed by atoms with Gasteiger partial charge < -0.3 is 10.2 Å². The number of nitrogens with zero attached hydrogens (tertiary/aromatic N) is 1. The topological polar surface area (TPSA) is 49.4 Å². The summed E-state index contributed by atoms with van der Waals surface area (Å²) in [4.78, 5) is 27.7. The molecule has 0 fully saturated rings. The molecule has 0 aliphatic carbocycles. The van der Waals surface area contributed by atoms with E-state index < -0.39 is 6.04 Å². The molecule has 0 spiro atoms. The third kappa shape index (κ3) is 8.06. The molecule has 168 valence electrons. The van der Waals surface area contributed by atoms with Crippen molar-refractivity contribution in [3.63, 3.8) is 0 Å². The highest BCUT2D eigenvalue weighted by atomic mass is 32.2. The van der Waals surface area contributed by atoms with Gasteiger partial charge in [-0.1, -0.05) is 66.1 Å². The molecule has 4 nitrogen and oxygen atoms in total. The molecule has 0 aliphatic heterocycles. The van der Waals surface area contributed by atoms with Crippen LogP contribution in [0, 0.1) is 20.8 Å². The first-order valence-electron chi connectivity index (χ1n) is 11.0. The number of amides is 2. The molecular weight excluding hydrogens is 404 g/mol. The molecule has 2 aromatic carbocycles. The van der Waals surface area contributed by atoms with Crippen molar-refractivity contribution in [2.24, 2.45) is 0 Å². The van der Waals surface area contributed by atoms with Crippen LogP contribution in [0.1, 0.15) is 55.0 Å². The van der Waals surface area contributed by atoms with E-state index in [1.807, 2.05) is 45.9 Å². The number of aryl methyl sites for hydroxylation is 3. The van der Waals surface area contributed by atoms with E-state index >= 15 is 0 Å². The van der Waals surface area contributed by atoms with E-state index in [0.29, 0.717) is 12.3 Å². The highest BCUT2D eigenvalue weighted by Gasteiger charge is 2.26. The monoisotopic (exact) mass is 440 g/mol. The fraction of sp³-hybridized carbons (Fsp3) is 0.462. The molecule has 0 heterocycles. The Morgan fingerprint density at radius 1 is 0.968 bits per heavy atom. The van der Waals surface area contributed by atoms with Gasteiger partial charge in [0, 0.05) is 18.3 Å². The van der Waals surface area contributed by atoms with Crippen molar-refractivity contribution in [3.8, 4) is 0 Å². The van der Waals surface area contributed by atoms with Gasteiger partial charge in [0.05, 0.1) is 5.75 Å². The summed E-state index contributed by atoms with van der Waals surface area (Å²) in [7, 11) is 0. The molecule has 5 heteroatoms. The van der Waals surface area contributed by atoms with Crippen LogP contribution in [0.5, 0.6) is 0 Å². The maximum Gasteiger partial charge on any atom is 0.242 e. The third-order valence-corrected chi connectivity index (χ3v) is 6.37. The maximum atomic E-state index is 13.2. The number of thioether (sulfide) groups is 1. The molecule has 31 heavy (non-hydrogen) atoms. The minimum Gasteiger partial charge on any atom is -0.352 e. The highest BCUT2D eigenvalue weighted by molar-refractivity contribution is 7.99. The molecule has 0 aromatic heterocycles. The first kappa shape index (κ1) is 25.0. The zero-order valence-electron chi connectivity index (χ0n) is 19.7. The summed E-state index contributed by atoms with van der Waals surface area (Å²) in [5.41, 5.74) is 5.88. The van der Waals surface area contributed by atoms with Crippen molar-refractivity contribution in [1.29, 1.82) is 0 Å². The largest absolute Gasteiger partial charge is 0.352 e. The van der Waals surface area contributed by atoms with Crippen molar-refractivity contribution < 1.29 is 9.59 Å². The average Bonchev–Trinajstić information content (AvgIpc) is 2.70. The minimum atomic E-state index is -0.524. The Hall–Kier alpha value is -2.27. The molecule has 0 saturated carbocycles. The first-order valence-corrected chi connectivity index (χ1v) is 12.1. The predicted octanol–water partition coefficient (Wildman–Crippen LogP) is 5.18. The Bertz CT molecular complexity index is 876. The van der Waals surface area contributed by atoms with Crippen molar-refractivity contribution in [2.75, 3.05) is 5.75 Å². The SMILES string of the molecule is CCC(C)NC(=O)C(C)N(Cc1cccc(C)c1)C(=O)CSCc1cc(C)cc(C)c1. The van der Waals surface area contributed by atoms with Gasteiger partial charge in [-0.15, -0.1) is 11.8 Å². The van der Waals surface area contributed by atoms with E-state index in [0.717, 1.165) is 23.3 Å². The Morgan fingerprint density at radius 2 is 1.61 bits per heavy atom. The Labute approximate surface area is 191 Å². The fourth-order valence-corrected chi connectivity index (χ4v) is 4.39. The van der Waals surface area contributed by atoms with Gasteiger partial charge >= 0.3 is 0 Å². The molecule has 2 atom stereocenters. The standard InChI is InChI=1S/C26H36N2O2S/c1-7-21(5)27-26(30)22(6)28(15-23-10-8-9-18(2)12-23)25(29)17-31-16-24-13-19(3)11-20(4)14-24/h8-14,21-22H,7,15-17H2,1-6H3,(H,27,30). The fourth-order valence-electron chi connectivity index (χ4n) is 3.55. The van der Waals surface area contributed by atoms with Crippen LogP contribution in [0.3, 0.4) is 0 Å². The number of nitrogens with one attached hydrogen (secondary N) is 1. The number of hydrogen-bond acceptors (Lipinski definition) is 3. The second-order valence-corrected chi connectivity index (χ2v) is 9.48. The molecule has 0 saturated heterocycles. The summed E-state index contributed by atoms with van der Waals surface area (Å²) in [5.74, 6) is 1.01. The van der Waals surface area contributed by atoms with Gasteiger partial charge in [0.1, 0.15) is 6.04 Å². The number of benzene rings is 2. The molecular formula is C26H36N2O2S. The third-order valence-electron chi connectivity index (χ3n) is 5.38. The van der Waals surface area contributed by atoms with Crippen molar-refractivity contribution in [3.05, 3.63) is 70.3 Å². The van der Waals surface area contributed by atoms with Crippen molar-refractivity contribution >= 4 is 23.6 Å². The quantitative estimate of drug-likeness (QED) is 0.554. The van der Waals surface area contributed by atoms with Crippen LogP contribution in [0.2, 0.25) is 0 Å². The van der Waals surface area contributed by atoms with Gasteiger partial charge in [0.15, 0.2) is 0 Å². The maximum absolute atomic E-state index is 13.2. The van der Waals surface area contributed by atoms with E-state index in [-0.39, 0.29) is 17.9 Å². The van der Waals surface area contributed by atoms with Crippen molar-refractivity contribution in [2.45, 2.75) is 72.3 Å². The molecule has 0 radical (unpaired) electrons. The van der Waals surface area contributed by atoms with Gasteiger partial charge in [-0.3, -0.25) is 9.59 Å². The van der Waals surface area contributed by atoms with E-state index in [4.69, 9.17) is 0 Å². The predicted molar refractivity (Wildman–Crippen MR) is 131 cm³/mol. The van der Waals surface area contributed by atoms with E-state index in [1.165, 1.54) is 16.7 Å². The number of carbonyl (C=O) groups excluding carboxylic acids is 2. The summed E-state index contributed by atoms with van der Waals surface area (Å²) in [6.45, 7) is 12.5. The second-order valence-electron chi connectivity index (χ2n) is 8.49. The van der Waals surface area contributed by atoms with Crippen LogP contribution in [-0.4, -0.2) is 34.6 Å². The smallest absolute Gasteiger partial charge is 0.242 e. The van der Waals surface area contributed by atoms with Crippen LogP contribution in [0.15, 0.2) is 42.5 Å². The summed E-state index contributed by atoms with van der Waals surface area (Å²) < 4.78 is 0. The lowest BCUT2D eigenvalue weighted by Crippen LogP contribution is -2.50. The molecule has 1 N–H and O–H groups in total. The molecule has 2 unspecified atom stereocenters. The lowest BCUT2D eigenvalue weighted by Gasteiger charge is -2.29. The molecule has 2 amide bonds. The molecule has 2 rings (SSSR count). The van der Waals surface area contributed by atoms with Gasteiger partial charge in [0.2, 0.25) is 11.8 Å². The van der Waals surface area contributed by atoms with Crippen LogP contribution < -0.4 is 5.32 Å². The van der Waals surface area contributed by atoms with Gasteiger partial charge in [-0.2, -0.15) is 0 Å². The summed E-state index contributed by atoms with van der Waals surface area (Å²) in [5, 5.41) is 3.02. The van der Waals surface area contributed by atoms with Crippen LogP contribution in [-0.2, 0) is 21.9 Å². The van der Waals surface area contributed by atoms with Gasteiger partial charge in [0.25, 0.3) is 0 Å². The van der Waals surface area contributed by atoms with Crippen molar-refractivity contribution in [1.82, 2.24) is 10.2 Å². The van der Waals surface area contributed by atoms with E-state index in [9.17, 15) is 9.59 Å². The first-order chi connectivity index (χ1) is 14.7. The summed E-state index contributed by atoms with van der Waals surface area (Å²) in [6, 6.07) is 14.2. The molecule has 2 aromatic rings. The highest BCUT2D eigenvalue weighted by Crippen LogP contribution is 2.18. The van der Waals surface area contributed by atoms with Crippen LogP contribution >= 0.6 is 11.8 Å². The Morgan fingerprint density at radius 3 is 2.23 bits per heavy atom. The summed E-state index contributed by atoms with van der Waals surface area (Å²) in [6.07, 6.45) is 0.857. The minimum absolute atomic E-state index is 0.0114.